The van der Waals surface area contributed by atoms with Crippen LogP contribution >= 0.6 is 0 Å². The number of nitrogens with zero attached hydrogens (tertiary/aromatic N) is 3. The summed E-state index contributed by atoms with van der Waals surface area (Å²) in [4.78, 5) is 27.1. The zero-order valence-electron chi connectivity index (χ0n) is 20.4. The number of hydrogen-bond acceptors (Lipinski definition) is 8. The fraction of sp³-hybridized carbons (Fsp3) is 0.423. The standard InChI is InChI=1S/C26H30N4O6/c1-33-18-4-5-19(23(12-18)34-2)20-13-21(17-3-6-22-24(11-17)36-15-35-22)30(28-20)25(31)14-29-9-7-16(8-10-29)26(27)32/h3-6,11-12,16,21H,7-10,13-15H2,1-2H3,(H2,27,32). The number of rotatable bonds is 7. The molecule has 10 heteroatoms. The number of ether oxygens (including phenoxy) is 4. The summed E-state index contributed by atoms with van der Waals surface area (Å²) in [6, 6.07) is 11.0. The molecule has 0 saturated carbocycles. The van der Waals surface area contributed by atoms with Gasteiger partial charge < -0.3 is 24.7 Å². The lowest BCUT2D eigenvalue weighted by molar-refractivity contribution is -0.134. The van der Waals surface area contributed by atoms with Crippen molar-refractivity contribution >= 4 is 17.5 Å². The minimum absolute atomic E-state index is 0.113. The van der Waals surface area contributed by atoms with Gasteiger partial charge in [-0.2, -0.15) is 5.10 Å². The van der Waals surface area contributed by atoms with Gasteiger partial charge in [0.25, 0.3) is 5.91 Å². The molecule has 0 aromatic heterocycles. The van der Waals surface area contributed by atoms with Crippen molar-refractivity contribution in [3.8, 4) is 23.0 Å². The maximum absolute atomic E-state index is 13.6. The van der Waals surface area contributed by atoms with Crippen molar-refractivity contribution in [1.82, 2.24) is 9.91 Å². The topological polar surface area (TPSA) is 116 Å². The van der Waals surface area contributed by atoms with E-state index in [1.807, 2.05) is 30.3 Å². The highest BCUT2D eigenvalue weighted by Crippen LogP contribution is 2.40. The van der Waals surface area contributed by atoms with Gasteiger partial charge in [0.2, 0.25) is 12.7 Å². The minimum Gasteiger partial charge on any atom is -0.497 e. The number of benzene rings is 2. The summed E-state index contributed by atoms with van der Waals surface area (Å²) >= 11 is 0. The number of carbonyl (C=O) groups excluding carboxylic acids is 2. The number of hydrazone groups is 1. The fourth-order valence-corrected chi connectivity index (χ4v) is 4.96. The fourth-order valence-electron chi connectivity index (χ4n) is 4.96. The van der Waals surface area contributed by atoms with E-state index in [-0.39, 0.29) is 37.1 Å². The number of hydrogen-bond donors (Lipinski definition) is 1. The highest BCUT2D eigenvalue weighted by molar-refractivity contribution is 6.05. The molecule has 2 N–H and O–H groups in total. The molecule has 2 aromatic rings. The number of nitrogens with two attached hydrogens (primary N) is 1. The average molecular weight is 495 g/mol. The van der Waals surface area contributed by atoms with Crippen LogP contribution in [0.4, 0.5) is 0 Å². The van der Waals surface area contributed by atoms with Gasteiger partial charge >= 0.3 is 0 Å². The van der Waals surface area contributed by atoms with E-state index in [1.54, 1.807) is 25.3 Å². The second-order valence-corrected chi connectivity index (χ2v) is 9.14. The molecule has 1 fully saturated rings. The van der Waals surface area contributed by atoms with E-state index in [4.69, 9.17) is 29.8 Å². The number of fused-ring (bicyclic) bond motifs is 1. The van der Waals surface area contributed by atoms with Crippen LogP contribution in [0.5, 0.6) is 23.0 Å². The van der Waals surface area contributed by atoms with Crippen LogP contribution in [0, 0.1) is 5.92 Å². The quantitative estimate of drug-likeness (QED) is 0.628. The van der Waals surface area contributed by atoms with Gasteiger partial charge in [-0.15, -0.1) is 0 Å². The molecule has 0 bridgehead atoms. The molecule has 190 valence electrons. The van der Waals surface area contributed by atoms with Crippen molar-refractivity contribution in [2.24, 2.45) is 16.8 Å². The predicted octanol–water partition coefficient (Wildman–Crippen LogP) is 2.31. The maximum Gasteiger partial charge on any atom is 0.257 e. The highest BCUT2D eigenvalue weighted by Gasteiger charge is 2.36. The van der Waals surface area contributed by atoms with E-state index in [0.29, 0.717) is 55.4 Å². The van der Waals surface area contributed by atoms with Crippen molar-refractivity contribution in [3.05, 3.63) is 47.5 Å². The molecule has 36 heavy (non-hydrogen) atoms. The number of methoxy groups -OCH3 is 2. The lowest BCUT2D eigenvalue weighted by Gasteiger charge is -2.31. The molecule has 0 radical (unpaired) electrons. The van der Waals surface area contributed by atoms with Gasteiger partial charge in [-0.1, -0.05) is 6.07 Å². The van der Waals surface area contributed by atoms with Crippen LogP contribution in [0.25, 0.3) is 0 Å². The van der Waals surface area contributed by atoms with Crippen molar-refractivity contribution < 1.29 is 28.5 Å². The van der Waals surface area contributed by atoms with Crippen LogP contribution < -0.4 is 24.7 Å². The Balaban J connectivity index is 1.42. The van der Waals surface area contributed by atoms with Crippen molar-refractivity contribution in [1.29, 1.82) is 0 Å². The van der Waals surface area contributed by atoms with Gasteiger partial charge in [-0.3, -0.25) is 14.5 Å². The largest absolute Gasteiger partial charge is 0.497 e. The Morgan fingerprint density at radius 1 is 1.06 bits per heavy atom. The normalized spacial score (nSPS) is 19.8. The summed E-state index contributed by atoms with van der Waals surface area (Å²) in [6.45, 7) is 1.68. The van der Waals surface area contributed by atoms with Crippen LogP contribution in [0.15, 0.2) is 41.5 Å². The van der Waals surface area contributed by atoms with Gasteiger partial charge in [0.05, 0.1) is 32.5 Å². The van der Waals surface area contributed by atoms with Gasteiger partial charge in [0.1, 0.15) is 11.5 Å². The van der Waals surface area contributed by atoms with E-state index >= 15 is 0 Å². The van der Waals surface area contributed by atoms with Crippen LogP contribution in [0.3, 0.4) is 0 Å². The number of piperidine rings is 1. The first-order chi connectivity index (χ1) is 17.5. The number of primary amides is 1. The monoisotopic (exact) mass is 494 g/mol. The van der Waals surface area contributed by atoms with E-state index in [9.17, 15) is 9.59 Å². The smallest absolute Gasteiger partial charge is 0.257 e. The van der Waals surface area contributed by atoms with Gasteiger partial charge in [-0.05, 0) is 55.8 Å². The zero-order valence-corrected chi connectivity index (χ0v) is 20.4. The lowest BCUT2D eigenvalue weighted by atomic mass is 9.96. The Labute approximate surface area is 209 Å². The summed E-state index contributed by atoms with van der Waals surface area (Å²) in [5.74, 6) is 2.13. The summed E-state index contributed by atoms with van der Waals surface area (Å²) in [5.41, 5.74) is 7.92. The predicted molar refractivity (Wildman–Crippen MR) is 131 cm³/mol. The number of likely N-dealkylation sites (tertiary alicyclic amines) is 1. The average Bonchev–Trinajstić information content (AvgIpc) is 3.55. The second kappa shape index (κ2) is 10.1. The number of amides is 2. The zero-order chi connectivity index (χ0) is 25.2. The van der Waals surface area contributed by atoms with E-state index < -0.39 is 0 Å². The first-order valence-corrected chi connectivity index (χ1v) is 12.0. The van der Waals surface area contributed by atoms with Gasteiger partial charge in [0.15, 0.2) is 11.5 Å². The van der Waals surface area contributed by atoms with E-state index in [1.165, 1.54) is 0 Å². The molecule has 5 rings (SSSR count). The molecule has 2 amide bonds. The van der Waals surface area contributed by atoms with Crippen molar-refractivity contribution in [3.63, 3.8) is 0 Å². The Morgan fingerprint density at radius 3 is 2.56 bits per heavy atom. The highest BCUT2D eigenvalue weighted by atomic mass is 16.7. The molecule has 1 atom stereocenters. The van der Waals surface area contributed by atoms with Crippen LogP contribution in [-0.2, 0) is 9.59 Å². The third-order valence-corrected chi connectivity index (χ3v) is 7.02. The SMILES string of the molecule is COc1ccc(C2=NN(C(=O)CN3CCC(C(N)=O)CC3)C(c3ccc4c(c3)OCO4)C2)c(OC)c1. The van der Waals surface area contributed by atoms with Crippen molar-refractivity contribution in [2.45, 2.75) is 25.3 Å². The summed E-state index contributed by atoms with van der Waals surface area (Å²) in [7, 11) is 3.20. The van der Waals surface area contributed by atoms with Crippen LogP contribution in [-0.4, -0.2) is 68.1 Å². The molecular weight excluding hydrogens is 464 g/mol. The minimum atomic E-state index is -0.308. The Hall–Kier alpha value is -3.79. The van der Waals surface area contributed by atoms with Crippen LogP contribution in [0.2, 0.25) is 0 Å². The Morgan fingerprint density at radius 2 is 1.83 bits per heavy atom. The second-order valence-electron chi connectivity index (χ2n) is 9.14. The summed E-state index contributed by atoms with van der Waals surface area (Å²) in [6.07, 6.45) is 1.83. The Kier molecular flexibility index (Phi) is 6.69. The first kappa shape index (κ1) is 23.9. The molecule has 2 aromatic carbocycles. The number of carbonyl (C=O) groups is 2. The molecule has 1 saturated heterocycles. The molecule has 1 unspecified atom stereocenters. The molecule has 3 heterocycles. The van der Waals surface area contributed by atoms with E-state index in [0.717, 1.165) is 16.8 Å². The third kappa shape index (κ3) is 4.68. The lowest BCUT2D eigenvalue weighted by Crippen LogP contribution is -2.44. The maximum atomic E-state index is 13.6. The Bertz CT molecular complexity index is 1190. The van der Waals surface area contributed by atoms with E-state index in [2.05, 4.69) is 4.90 Å². The third-order valence-electron chi connectivity index (χ3n) is 7.02. The molecule has 0 spiro atoms. The van der Waals surface area contributed by atoms with Gasteiger partial charge in [-0.25, -0.2) is 5.01 Å². The van der Waals surface area contributed by atoms with Crippen LogP contribution in [0.1, 0.15) is 36.4 Å². The van der Waals surface area contributed by atoms with Crippen molar-refractivity contribution in [2.75, 3.05) is 40.6 Å². The molecule has 10 nitrogen and oxygen atoms in total. The molecule has 3 aliphatic rings. The molecular formula is C26H30N4O6. The summed E-state index contributed by atoms with van der Waals surface area (Å²) < 4.78 is 22.0. The molecule has 3 aliphatic heterocycles. The molecule has 0 aliphatic carbocycles. The first-order valence-electron chi connectivity index (χ1n) is 12.0. The summed E-state index contributed by atoms with van der Waals surface area (Å²) in [5, 5.41) is 6.36. The van der Waals surface area contributed by atoms with Gasteiger partial charge in [0, 0.05) is 24.0 Å².